The molecule has 15 heteroatoms. The number of hydrogen-bond acceptors (Lipinski definition) is 9. The van der Waals surface area contributed by atoms with Crippen LogP contribution in [0.2, 0.25) is 0 Å². The molecule has 0 amide bonds. The van der Waals surface area contributed by atoms with Gasteiger partial charge in [0.15, 0.2) is 0 Å². The summed E-state index contributed by atoms with van der Waals surface area (Å²) in [6, 6.07) is 0. The molecule has 0 rings (SSSR count). The van der Waals surface area contributed by atoms with E-state index in [4.69, 9.17) is 0 Å². The van der Waals surface area contributed by atoms with E-state index < -0.39 is 21.8 Å². The predicted octanol–water partition coefficient (Wildman–Crippen LogP) is -5.80. The number of carbonyl (C=O) groups excluding carboxylic acids is 1. The first-order chi connectivity index (χ1) is 5.10. The fourth-order valence-electron chi connectivity index (χ4n) is 0.199. The molecule has 0 aromatic carbocycles. The van der Waals surface area contributed by atoms with Crippen molar-refractivity contribution in [2.24, 2.45) is 0 Å². The van der Waals surface area contributed by atoms with Crippen molar-refractivity contribution in [1.82, 2.24) is 0 Å². The fourth-order valence-corrected chi connectivity index (χ4v) is 0.698. The normalized spacial score (nSPS) is 9.25. The third kappa shape index (κ3) is 27.4. The quantitative estimate of drug-likeness (QED) is 0.279. The van der Waals surface area contributed by atoms with E-state index in [1.165, 1.54) is 0 Å². The van der Waals surface area contributed by atoms with Crippen molar-refractivity contribution < 1.29 is 42.5 Å². The van der Waals surface area contributed by atoms with Crippen molar-refractivity contribution in [1.29, 1.82) is 0 Å². The zero-order valence-corrected chi connectivity index (χ0v) is 12.7. The zero-order valence-electron chi connectivity index (χ0n) is 6.48. The first kappa shape index (κ1) is 32.9. The Hall–Kier alpha value is 5.05. The van der Waals surface area contributed by atoms with Crippen molar-refractivity contribution in [3.8, 4) is 0 Å². The molecule has 0 unspecified atom stereocenters. The second kappa shape index (κ2) is 15.0. The molecule has 0 aliphatic heterocycles. The van der Waals surface area contributed by atoms with Gasteiger partial charge in [0.25, 0.3) is 0 Å². The van der Waals surface area contributed by atoms with Crippen LogP contribution in [0.4, 0.5) is 4.79 Å². The molecule has 0 heterocycles. The van der Waals surface area contributed by atoms with E-state index in [1.54, 1.807) is 0 Å². The van der Waals surface area contributed by atoms with Crippen LogP contribution in [0.5, 0.6) is 0 Å². The van der Waals surface area contributed by atoms with Crippen LogP contribution in [0.15, 0.2) is 0 Å². The van der Waals surface area contributed by atoms with Crippen molar-refractivity contribution in [2.45, 2.75) is 0 Å². The summed E-state index contributed by atoms with van der Waals surface area (Å²) in [7, 11) is -11.4. The molecule has 0 aliphatic rings. The first-order valence-electron chi connectivity index (χ1n) is 2.07. The number of hydrogen-bond donors (Lipinski definition) is 0. The molecule has 9 nitrogen and oxygen atoms in total. The van der Waals surface area contributed by atoms with Crippen LogP contribution in [0.3, 0.4) is 0 Å². The number of rotatable bonds is 2. The van der Waals surface area contributed by atoms with E-state index >= 15 is 0 Å². The van der Waals surface area contributed by atoms with Gasteiger partial charge in [-0.1, -0.05) is 0 Å². The van der Waals surface area contributed by atoms with Crippen LogP contribution < -0.4 is 19.6 Å². The molecule has 0 saturated carbocycles. The molecule has 0 aliphatic carbocycles. The molecule has 0 aromatic heterocycles. The average molecular weight is 477 g/mol. The molecule has 0 bridgehead atoms. The average Bonchev–Trinajstić information content (AvgIpc) is 1.49. The number of phosphoric acid groups is 2. The Morgan fingerprint density at radius 3 is 1.12 bits per heavy atom. The van der Waals surface area contributed by atoms with Gasteiger partial charge in [-0.3, -0.25) is 0 Å². The zero-order chi connectivity index (χ0) is 9.99. The number of phosphoric ester groups is 2. The van der Waals surface area contributed by atoms with Gasteiger partial charge in [0.05, 0.1) is 0 Å². The molecular weight excluding hydrogens is 473 g/mol. The fraction of sp³-hybridized carbons (Fsp3) is 0. The van der Waals surface area contributed by atoms with Crippen LogP contribution in [0, 0.1) is 0 Å². The van der Waals surface area contributed by atoms with Crippen molar-refractivity contribution >= 4 is 188 Å². The third-order valence-electron chi connectivity index (χ3n) is 0.373. The Kier molecular flexibility index (Phi) is 30.7. The molecule has 0 spiro atoms. The van der Waals surface area contributed by atoms with Gasteiger partial charge in [0, 0.05) is 0 Å². The number of carbonyl (C=O) groups is 1. The van der Waals surface area contributed by atoms with Gasteiger partial charge in [0.1, 0.15) is 15.6 Å². The maximum absolute atomic E-state index is 9.89. The van der Waals surface area contributed by atoms with Crippen LogP contribution >= 0.6 is 15.6 Å². The maximum atomic E-state index is 9.89. The molecule has 0 saturated heterocycles. The van der Waals surface area contributed by atoms with E-state index in [-0.39, 0.29) is 166 Å². The molecule has 16 heavy (non-hydrogen) atoms. The summed E-state index contributed by atoms with van der Waals surface area (Å²) in [5, 5.41) is 0. The summed E-state index contributed by atoms with van der Waals surface area (Å²) >= 11 is 0. The third-order valence-corrected chi connectivity index (χ3v) is 1.12. The van der Waals surface area contributed by atoms with Crippen LogP contribution in [0.1, 0.15) is 0 Å². The van der Waals surface area contributed by atoms with Gasteiger partial charge in [-0.15, -0.1) is 0 Å². The summed E-state index contributed by atoms with van der Waals surface area (Å²) in [6.07, 6.45) is -2.39. The topological polar surface area (TPSA) is 162 Å². The minimum atomic E-state index is -5.68. The van der Waals surface area contributed by atoms with Crippen LogP contribution in [-0.4, -0.2) is 173 Å². The van der Waals surface area contributed by atoms with Gasteiger partial charge in [-0.2, -0.15) is 0 Å². The van der Waals surface area contributed by atoms with Crippen molar-refractivity contribution in [3.05, 3.63) is 0 Å². The van der Waals surface area contributed by atoms with E-state index in [0.717, 1.165) is 0 Å². The summed E-state index contributed by atoms with van der Waals surface area (Å²) in [4.78, 5) is 48.2. The first-order valence-corrected chi connectivity index (χ1v) is 4.99. The van der Waals surface area contributed by atoms with E-state index in [0.29, 0.717) is 0 Å². The standard InChI is InChI=1S/CH4O9P2.2Ca.2Sr.4H/c2-1(9-11(3,4)5)10-12(6,7)8;;;;;;;;/h(H2,3,4,5)(H2,6,7,8);;;;;;;;/q;2*+2;;;;;;/p-4. The van der Waals surface area contributed by atoms with Gasteiger partial charge in [-0.05, 0) is 0 Å². The molecular formula is CH4Ca2O9P2Sr2. The molecule has 0 radical (unpaired) electrons. The predicted molar refractivity (Wildman–Crippen MR) is 51.4 cm³/mol. The van der Waals surface area contributed by atoms with Gasteiger partial charge < -0.3 is 37.8 Å². The Labute approximate surface area is 224 Å². The SMILES string of the molecule is O=C(OP(=O)([O-])[O-])OP(=O)([O-])[O-].[Ca+2].[Ca+2].[SrH2].[SrH2]. The Morgan fingerprint density at radius 1 is 0.812 bits per heavy atom. The monoisotopic (exact) mass is 478 g/mol. The Balaban J connectivity index is -0.000000101. The summed E-state index contributed by atoms with van der Waals surface area (Å²) in [6.45, 7) is 0. The second-order valence-electron chi connectivity index (χ2n) is 1.33. The Bertz CT molecular complexity index is 245. The minimum absolute atomic E-state index is 0. The van der Waals surface area contributed by atoms with Crippen molar-refractivity contribution in [2.75, 3.05) is 0 Å². The van der Waals surface area contributed by atoms with Gasteiger partial charge in [0.2, 0.25) is 0 Å². The van der Waals surface area contributed by atoms with E-state index in [1.807, 2.05) is 0 Å². The molecule has 0 N–H and O–H groups in total. The van der Waals surface area contributed by atoms with Gasteiger partial charge >= 0.3 is 173 Å². The Morgan fingerprint density at radius 2 is 1.00 bits per heavy atom. The summed E-state index contributed by atoms with van der Waals surface area (Å²) in [5.74, 6) is 0. The van der Waals surface area contributed by atoms with Crippen molar-refractivity contribution in [3.63, 3.8) is 0 Å². The molecule has 0 fully saturated rings. The molecule has 0 atom stereocenters. The summed E-state index contributed by atoms with van der Waals surface area (Å²) in [5.41, 5.74) is 0. The molecule has 0 aromatic rings. The van der Waals surface area contributed by atoms with Crippen LogP contribution in [0.25, 0.3) is 0 Å². The molecule has 80 valence electrons. The second-order valence-corrected chi connectivity index (χ2v) is 3.48. The van der Waals surface area contributed by atoms with Gasteiger partial charge in [-0.25, -0.2) is 4.79 Å². The summed E-state index contributed by atoms with van der Waals surface area (Å²) < 4.78 is 24.8. The van der Waals surface area contributed by atoms with E-state index in [2.05, 4.69) is 9.05 Å². The van der Waals surface area contributed by atoms with E-state index in [9.17, 15) is 33.5 Å². The van der Waals surface area contributed by atoms with Crippen LogP contribution in [-0.2, 0) is 18.2 Å².